The van der Waals surface area contributed by atoms with Crippen molar-refractivity contribution in [3.8, 4) is 11.8 Å². The first-order chi connectivity index (χ1) is 12.7. The van der Waals surface area contributed by atoms with E-state index >= 15 is 0 Å². The van der Waals surface area contributed by atoms with Gasteiger partial charge in [-0.3, -0.25) is 0 Å². The molecule has 0 saturated heterocycles. The van der Waals surface area contributed by atoms with Crippen molar-refractivity contribution in [1.29, 1.82) is 5.26 Å². The van der Waals surface area contributed by atoms with Crippen LogP contribution in [0.4, 0.5) is 0 Å². The predicted octanol–water partition coefficient (Wildman–Crippen LogP) is 4.77. The van der Waals surface area contributed by atoms with Crippen molar-refractivity contribution >= 4 is 34.3 Å². The molecule has 26 heavy (non-hydrogen) atoms. The predicted molar refractivity (Wildman–Crippen MR) is 103 cm³/mol. The molecule has 2 heterocycles. The standard InChI is InChI=1S/C20H14ClN5/c1-13-16(19(21)25-26(13)15-7-3-2-4-8-15)11-14(12-22)20-23-17-9-5-6-10-18(17)24-20/h2-11H,1H3,(H,23,24). The molecule has 2 aromatic carbocycles. The fourth-order valence-corrected chi connectivity index (χ4v) is 3.11. The first-order valence-electron chi connectivity index (χ1n) is 8.05. The van der Waals surface area contributed by atoms with Crippen LogP contribution < -0.4 is 0 Å². The maximum absolute atomic E-state index is 9.62. The molecule has 0 saturated carbocycles. The Bertz CT molecular complexity index is 1130. The van der Waals surface area contributed by atoms with Gasteiger partial charge in [0.15, 0.2) is 5.15 Å². The topological polar surface area (TPSA) is 70.3 Å². The van der Waals surface area contributed by atoms with Crippen molar-refractivity contribution in [1.82, 2.24) is 19.7 Å². The highest BCUT2D eigenvalue weighted by Crippen LogP contribution is 2.27. The maximum atomic E-state index is 9.62. The summed E-state index contributed by atoms with van der Waals surface area (Å²) in [5, 5.41) is 14.4. The molecule has 0 unspecified atom stereocenters. The number of hydrogen-bond donors (Lipinski definition) is 1. The third-order valence-electron chi connectivity index (χ3n) is 4.17. The fourth-order valence-electron chi connectivity index (χ4n) is 2.84. The molecular weight excluding hydrogens is 346 g/mol. The monoisotopic (exact) mass is 359 g/mol. The summed E-state index contributed by atoms with van der Waals surface area (Å²) >= 11 is 6.35. The van der Waals surface area contributed by atoms with Crippen LogP contribution in [0.2, 0.25) is 5.15 Å². The van der Waals surface area contributed by atoms with Crippen LogP contribution in [0.15, 0.2) is 54.6 Å². The second-order valence-electron chi connectivity index (χ2n) is 5.81. The molecule has 4 rings (SSSR count). The van der Waals surface area contributed by atoms with Crippen LogP contribution in [0.5, 0.6) is 0 Å². The second kappa shape index (κ2) is 6.51. The number of allylic oxidation sites excluding steroid dienone is 1. The Morgan fingerprint density at radius 2 is 1.88 bits per heavy atom. The molecule has 0 spiro atoms. The number of aromatic nitrogens is 4. The molecule has 1 N–H and O–H groups in total. The Labute approximate surface area is 155 Å². The average molecular weight is 360 g/mol. The molecule has 6 heteroatoms. The number of nitrogens with one attached hydrogen (secondary N) is 1. The Morgan fingerprint density at radius 3 is 2.62 bits per heavy atom. The van der Waals surface area contributed by atoms with Crippen LogP contribution in [0, 0.1) is 18.3 Å². The first kappa shape index (κ1) is 16.1. The summed E-state index contributed by atoms with van der Waals surface area (Å²) in [6.45, 7) is 1.92. The van der Waals surface area contributed by atoms with E-state index in [1.54, 1.807) is 10.8 Å². The van der Waals surface area contributed by atoms with Crippen molar-refractivity contribution in [2.45, 2.75) is 6.92 Å². The number of rotatable bonds is 3. The van der Waals surface area contributed by atoms with Crippen LogP contribution in [0.1, 0.15) is 17.1 Å². The quantitative estimate of drug-likeness (QED) is 0.535. The lowest BCUT2D eigenvalue weighted by Crippen LogP contribution is -1.98. The Morgan fingerprint density at radius 1 is 1.15 bits per heavy atom. The van der Waals surface area contributed by atoms with E-state index in [4.69, 9.17) is 11.6 Å². The second-order valence-corrected chi connectivity index (χ2v) is 6.17. The van der Waals surface area contributed by atoms with Gasteiger partial charge in [-0.15, -0.1) is 0 Å². The van der Waals surface area contributed by atoms with Crippen LogP contribution in [-0.4, -0.2) is 19.7 Å². The van der Waals surface area contributed by atoms with E-state index in [-0.39, 0.29) is 0 Å². The number of halogens is 1. The van der Waals surface area contributed by atoms with Crippen LogP contribution in [0.3, 0.4) is 0 Å². The molecule has 5 nitrogen and oxygen atoms in total. The molecule has 2 aromatic heterocycles. The van der Waals surface area contributed by atoms with Crippen LogP contribution >= 0.6 is 11.6 Å². The highest BCUT2D eigenvalue weighted by Gasteiger charge is 2.15. The van der Waals surface area contributed by atoms with E-state index in [1.165, 1.54) is 0 Å². The molecule has 0 fully saturated rings. The lowest BCUT2D eigenvalue weighted by Gasteiger charge is -2.03. The maximum Gasteiger partial charge on any atom is 0.159 e. The number of para-hydroxylation sites is 3. The van der Waals surface area contributed by atoms with Gasteiger partial charge in [0.1, 0.15) is 11.9 Å². The normalized spacial score (nSPS) is 11.7. The molecule has 0 aliphatic carbocycles. The number of hydrogen-bond acceptors (Lipinski definition) is 3. The van der Waals surface area contributed by atoms with E-state index in [0.717, 1.165) is 22.4 Å². The molecule has 0 aliphatic heterocycles. The van der Waals surface area contributed by atoms with Gasteiger partial charge in [-0.05, 0) is 37.3 Å². The Hall–Kier alpha value is -3.36. The van der Waals surface area contributed by atoms with E-state index in [1.807, 2.05) is 61.5 Å². The minimum Gasteiger partial charge on any atom is -0.337 e. The Balaban J connectivity index is 1.82. The molecular formula is C20H14ClN5. The largest absolute Gasteiger partial charge is 0.337 e. The van der Waals surface area contributed by atoms with Crippen molar-refractivity contribution in [3.63, 3.8) is 0 Å². The lowest BCUT2D eigenvalue weighted by molar-refractivity contribution is 0.847. The first-order valence-corrected chi connectivity index (χ1v) is 8.42. The van der Waals surface area contributed by atoms with Gasteiger partial charge in [-0.2, -0.15) is 10.4 Å². The SMILES string of the molecule is Cc1c(C=C(C#N)c2nc3ccccc3[nH]2)c(Cl)nn1-c1ccccc1. The van der Waals surface area contributed by atoms with Gasteiger partial charge >= 0.3 is 0 Å². The summed E-state index contributed by atoms with van der Waals surface area (Å²) in [6.07, 6.45) is 1.72. The van der Waals surface area contributed by atoms with Gasteiger partial charge in [0.25, 0.3) is 0 Å². The molecule has 0 atom stereocenters. The van der Waals surface area contributed by atoms with E-state index in [9.17, 15) is 5.26 Å². The van der Waals surface area contributed by atoms with Crippen molar-refractivity contribution in [3.05, 3.63) is 76.8 Å². The zero-order chi connectivity index (χ0) is 18.1. The fraction of sp³-hybridized carbons (Fsp3) is 0.0500. The lowest BCUT2D eigenvalue weighted by atomic mass is 10.1. The number of aromatic amines is 1. The summed E-state index contributed by atoms with van der Waals surface area (Å²) in [4.78, 5) is 7.66. The van der Waals surface area contributed by atoms with Gasteiger partial charge in [-0.25, -0.2) is 9.67 Å². The minimum atomic E-state index is 0.343. The van der Waals surface area contributed by atoms with Gasteiger partial charge in [0.05, 0.1) is 28.0 Å². The van der Waals surface area contributed by atoms with E-state index in [2.05, 4.69) is 21.1 Å². The summed E-state index contributed by atoms with van der Waals surface area (Å²) < 4.78 is 1.77. The molecule has 0 radical (unpaired) electrons. The summed E-state index contributed by atoms with van der Waals surface area (Å²) in [7, 11) is 0. The number of H-pyrrole nitrogens is 1. The summed E-state index contributed by atoms with van der Waals surface area (Å²) in [5.74, 6) is 0.511. The molecule has 4 aromatic rings. The van der Waals surface area contributed by atoms with Gasteiger partial charge in [-0.1, -0.05) is 41.9 Å². The third kappa shape index (κ3) is 2.77. The molecule has 0 aliphatic rings. The smallest absolute Gasteiger partial charge is 0.159 e. The number of nitrogens with zero attached hydrogens (tertiary/aromatic N) is 4. The summed E-state index contributed by atoms with van der Waals surface area (Å²) in [6, 6.07) is 19.6. The summed E-state index contributed by atoms with van der Waals surface area (Å²) in [5.41, 5.74) is 4.56. The highest BCUT2D eigenvalue weighted by atomic mass is 35.5. The molecule has 0 amide bonds. The van der Waals surface area contributed by atoms with Crippen LogP contribution in [-0.2, 0) is 0 Å². The number of nitriles is 1. The van der Waals surface area contributed by atoms with Crippen molar-refractivity contribution in [2.24, 2.45) is 0 Å². The zero-order valence-electron chi connectivity index (χ0n) is 13.9. The number of imidazole rings is 1. The molecule has 0 bridgehead atoms. The third-order valence-corrected chi connectivity index (χ3v) is 4.45. The number of fused-ring (bicyclic) bond motifs is 1. The highest BCUT2D eigenvalue weighted by molar-refractivity contribution is 6.31. The van der Waals surface area contributed by atoms with E-state index < -0.39 is 0 Å². The average Bonchev–Trinajstić information content (AvgIpc) is 3.22. The molecule has 126 valence electrons. The minimum absolute atomic E-state index is 0.343. The Kier molecular flexibility index (Phi) is 4.04. The zero-order valence-corrected chi connectivity index (χ0v) is 14.7. The van der Waals surface area contributed by atoms with E-state index in [0.29, 0.717) is 22.1 Å². The number of benzene rings is 2. The van der Waals surface area contributed by atoms with Crippen molar-refractivity contribution < 1.29 is 0 Å². The van der Waals surface area contributed by atoms with Crippen molar-refractivity contribution in [2.75, 3.05) is 0 Å². The van der Waals surface area contributed by atoms with Crippen LogP contribution in [0.25, 0.3) is 28.4 Å². The van der Waals surface area contributed by atoms with Gasteiger partial charge < -0.3 is 4.98 Å². The van der Waals surface area contributed by atoms with Gasteiger partial charge in [0, 0.05) is 5.56 Å². The van der Waals surface area contributed by atoms with Gasteiger partial charge in [0.2, 0.25) is 0 Å².